The number of ketones is 1. The van der Waals surface area contributed by atoms with Crippen LogP contribution in [0.1, 0.15) is 5.56 Å². The van der Waals surface area contributed by atoms with Gasteiger partial charge < -0.3 is 14.9 Å². The molecule has 0 heterocycles. The zero-order valence-corrected chi connectivity index (χ0v) is 8.06. The number of carboxylic acid groups (broad SMARTS) is 1. The monoisotopic (exact) mass is 210 g/mol. The number of aliphatic carboxylic acids is 1. The van der Waals surface area contributed by atoms with Gasteiger partial charge in [0.1, 0.15) is 11.5 Å². The third-order valence-electron chi connectivity index (χ3n) is 1.88. The van der Waals surface area contributed by atoms with Crippen molar-refractivity contribution < 1.29 is 24.5 Å². The molecule has 80 valence electrons. The molecule has 0 amide bonds. The Balaban J connectivity index is 2.87. The summed E-state index contributed by atoms with van der Waals surface area (Å²) in [5.74, 6) is -2.18. The summed E-state index contributed by atoms with van der Waals surface area (Å²) in [5.41, 5.74) is 0.267. The average Bonchev–Trinajstić information content (AvgIpc) is 2.20. The minimum atomic E-state index is -1.51. The van der Waals surface area contributed by atoms with Crippen molar-refractivity contribution in [3.05, 3.63) is 23.8 Å². The Morgan fingerprint density at radius 1 is 1.40 bits per heavy atom. The Morgan fingerprint density at radius 3 is 2.53 bits per heavy atom. The predicted octanol–water partition coefficient (Wildman–Crippen LogP) is 0.597. The fourth-order valence-corrected chi connectivity index (χ4v) is 1.07. The van der Waals surface area contributed by atoms with Gasteiger partial charge in [0.05, 0.1) is 7.11 Å². The number of benzene rings is 1. The van der Waals surface area contributed by atoms with E-state index in [1.54, 1.807) is 6.07 Å². The van der Waals surface area contributed by atoms with Crippen LogP contribution in [0.2, 0.25) is 0 Å². The molecule has 1 aromatic rings. The summed E-state index contributed by atoms with van der Waals surface area (Å²) in [4.78, 5) is 21.2. The van der Waals surface area contributed by atoms with Crippen molar-refractivity contribution in [3.63, 3.8) is 0 Å². The topological polar surface area (TPSA) is 83.8 Å². The molecule has 1 aromatic carbocycles. The number of ether oxygens (including phenoxy) is 1. The van der Waals surface area contributed by atoms with Gasteiger partial charge in [-0.15, -0.1) is 0 Å². The Hall–Kier alpha value is -2.04. The zero-order valence-electron chi connectivity index (χ0n) is 8.06. The van der Waals surface area contributed by atoms with E-state index in [1.165, 1.54) is 19.2 Å². The molecule has 0 aliphatic rings. The fourth-order valence-electron chi connectivity index (χ4n) is 1.07. The number of carboxylic acids is 1. The van der Waals surface area contributed by atoms with E-state index in [0.717, 1.165) is 0 Å². The molecule has 0 aliphatic heterocycles. The lowest BCUT2D eigenvalue weighted by atomic mass is 10.1. The van der Waals surface area contributed by atoms with E-state index in [0.29, 0.717) is 5.75 Å². The lowest BCUT2D eigenvalue weighted by Gasteiger charge is -2.04. The summed E-state index contributed by atoms with van der Waals surface area (Å²) in [5, 5.41) is 17.8. The third kappa shape index (κ3) is 2.70. The second-order valence-corrected chi connectivity index (χ2v) is 2.90. The Bertz CT molecular complexity index is 397. The van der Waals surface area contributed by atoms with Gasteiger partial charge in [-0.05, 0) is 6.07 Å². The molecule has 0 aromatic heterocycles. The summed E-state index contributed by atoms with van der Waals surface area (Å²) in [6, 6.07) is 4.32. The number of hydrogen-bond donors (Lipinski definition) is 2. The first-order valence-corrected chi connectivity index (χ1v) is 4.16. The lowest BCUT2D eigenvalue weighted by Crippen LogP contribution is -2.15. The molecule has 0 bridgehead atoms. The third-order valence-corrected chi connectivity index (χ3v) is 1.88. The minimum absolute atomic E-state index is 0.149. The van der Waals surface area contributed by atoms with Crippen LogP contribution >= 0.6 is 0 Å². The average molecular weight is 210 g/mol. The molecule has 15 heavy (non-hydrogen) atoms. The number of aromatic hydroxyl groups is 1. The van der Waals surface area contributed by atoms with E-state index in [-0.39, 0.29) is 17.7 Å². The predicted molar refractivity (Wildman–Crippen MR) is 51.0 cm³/mol. The first-order valence-electron chi connectivity index (χ1n) is 4.16. The lowest BCUT2D eigenvalue weighted by molar-refractivity contribution is -0.148. The normalized spacial score (nSPS) is 9.67. The summed E-state index contributed by atoms with van der Waals surface area (Å²) in [6.07, 6.45) is -0.328. The Kier molecular flexibility index (Phi) is 3.28. The molecule has 1 rings (SSSR count). The van der Waals surface area contributed by atoms with Crippen LogP contribution in [0.15, 0.2) is 18.2 Å². The molecule has 5 heteroatoms. The molecule has 0 fully saturated rings. The Labute approximate surface area is 85.9 Å². The second-order valence-electron chi connectivity index (χ2n) is 2.90. The number of Topliss-reactive ketones (excluding diaryl/α,β-unsaturated/α-hetero) is 1. The van der Waals surface area contributed by atoms with Crippen molar-refractivity contribution in [2.45, 2.75) is 6.42 Å². The van der Waals surface area contributed by atoms with E-state index in [4.69, 9.17) is 9.84 Å². The number of hydrogen-bond acceptors (Lipinski definition) is 4. The first kappa shape index (κ1) is 11.0. The summed E-state index contributed by atoms with van der Waals surface area (Å²) in [6.45, 7) is 0. The van der Waals surface area contributed by atoms with Crippen LogP contribution in [0.5, 0.6) is 11.5 Å². The van der Waals surface area contributed by atoms with Gasteiger partial charge in [-0.3, -0.25) is 4.79 Å². The van der Waals surface area contributed by atoms with Crippen molar-refractivity contribution >= 4 is 11.8 Å². The zero-order chi connectivity index (χ0) is 11.4. The van der Waals surface area contributed by atoms with Crippen molar-refractivity contribution in [1.82, 2.24) is 0 Å². The van der Waals surface area contributed by atoms with E-state index in [9.17, 15) is 14.7 Å². The van der Waals surface area contributed by atoms with Gasteiger partial charge >= 0.3 is 5.97 Å². The molecule has 2 N–H and O–H groups in total. The molecule has 0 saturated heterocycles. The van der Waals surface area contributed by atoms with Crippen molar-refractivity contribution in [3.8, 4) is 11.5 Å². The van der Waals surface area contributed by atoms with E-state index in [2.05, 4.69) is 0 Å². The molecule has 0 saturated carbocycles. The molecule has 0 radical (unpaired) electrons. The van der Waals surface area contributed by atoms with Gasteiger partial charge in [0.25, 0.3) is 0 Å². The van der Waals surface area contributed by atoms with E-state index < -0.39 is 11.8 Å². The largest absolute Gasteiger partial charge is 0.508 e. The van der Waals surface area contributed by atoms with Crippen LogP contribution in [-0.4, -0.2) is 29.1 Å². The first-order chi connectivity index (χ1) is 7.04. The molecule has 5 nitrogen and oxygen atoms in total. The number of rotatable bonds is 4. The van der Waals surface area contributed by atoms with E-state index >= 15 is 0 Å². The number of phenols is 1. The number of methoxy groups -OCH3 is 1. The smallest absolute Gasteiger partial charge is 0.372 e. The summed E-state index contributed by atoms with van der Waals surface area (Å²) in [7, 11) is 1.44. The molecular formula is C10H10O5. The van der Waals surface area contributed by atoms with Crippen molar-refractivity contribution in [2.75, 3.05) is 7.11 Å². The Morgan fingerprint density at radius 2 is 2.07 bits per heavy atom. The van der Waals surface area contributed by atoms with Gasteiger partial charge in [0, 0.05) is 18.1 Å². The maximum atomic E-state index is 10.9. The molecule has 0 unspecified atom stereocenters. The van der Waals surface area contributed by atoms with Crippen LogP contribution in [-0.2, 0) is 16.0 Å². The fraction of sp³-hybridized carbons (Fsp3) is 0.200. The summed E-state index contributed by atoms with van der Waals surface area (Å²) >= 11 is 0. The molecule has 0 spiro atoms. The second kappa shape index (κ2) is 4.45. The highest BCUT2D eigenvalue weighted by atomic mass is 16.5. The quantitative estimate of drug-likeness (QED) is 0.711. The summed E-state index contributed by atoms with van der Waals surface area (Å²) < 4.78 is 4.84. The number of carbonyl (C=O) groups excluding carboxylic acids is 1. The van der Waals surface area contributed by atoms with Gasteiger partial charge in [0.2, 0.25) is 5.78 Å². The molecule has 0 aliphatic carbocycles. The van der Waals surface area contributed by atoms with Crippen LogP contribution in [0, 0.1) is 0 Å². The van der Waals surface area contributed by atoms with Crippen LogP contribution in [0.3, 0.4) is 0 Å². The van der Waals surface area contributed by atoms with E-state index in [1.807, 2.05) is 0 Å². The van der Waals surface area contributed by atoms with Gasteiger partial charge in [-0.25, -0.2) is 4.79 Å². The highest BCUT2D eigenvalue weighted by Gasteiger charge is 2.14. The van der Waals surface area contributed by atoms with Crippen molar-refractivity contribution in [2.24, 2.45) is 0 Å². The highest BCUT2D eigenvalue weighted by Crippen LogP contribution is 2.23. The number of carbonyl (C=O) groups is 2. The minimum Gasteiger partial charge on any atom is -0.508 e. The van der Waals surface area contributed by atoms with Crippen LogP contribution in [0.4, 0.5) is 0 Å². The molecular weight excluding hydrogens is 200 g/mol. The SMILES string of the molecule is COc1ccc(CC(=O)C(=O)O)c(O)c1. The molecule has 0 atom stereocenters. The maximum Gasteiger partial charge on any atom is 0.372 e. The van der Waals surface area contributed by atoms with Crippen LogP contribution < -0.4 is 4.74 Å². The van der Waals surface area contributed by atoms with Gasteiger partial charge in [0.15, 0.2) is 0 Å². The highest BCUT2D eigenvalue weighted by molar-refractivity contribution is 6.33. The van der Waals surface area contributed by atoms with Gasteiger partial charge in [-0.1, -0.05) is 6.07 Å². The van der Waals surface area contributed by atoms with Crippen molar-refractivity contribution in [1.29, 1.82) is 0 Å². The van der Waals surface area contributed by atoms with Gasteiger partial charge in [-0.2, -0.15) is 0 Å². The number of phenolic OH excluding ortho intramolecular Hbond substituents is 1. The standard InChI is InChI=1S/C10H10O5/c1-15-7-3-2-6(8(11)5-7)4-9(12)10(13)14/h2-3,5,11H,4H2,1H3,(H,13,14). The maximum absolute atomic E-state index is 10.9. The van der Waals surface area contributed by atoms with Crippen LogP contribution in [0.25, 0.3) is 0 Å².